The Kier molecular flexibility index (Phi) is 9.83. The molecular formula is C26H24Cl2F6N6O2S. The molecule has 3 atom stereocenters. The van der Waals surface area contributed by atoms with Gasteiger partial charge in [-0.2, -0.15) is 49.6 Å². The first-order valence-corrected chi connectivity index (χ1v) is 13.0. The van der Waals surface area contributed by atoms with E-state index in [1.54, 1.807) is 13.8 Å². The SMILES string of the molecule is C[C@H](NC(=O)c1cc(Cl)cc(C(F)(F)F)c1)c1ncnn1-c1ccc(NC(=O)C2C(/C=C(\Cl)C(F)(F)F)C2(C)C)cn1.S. The summed E-state index contributed by atoms with van der Waals surface area (Å²) in [5.74, 6) is -2.36. The number of aromatic nitrogens is 4. The monoisotopic (exact) mass is 668 g/mol. The van der Waals surface area contributed by atoms with Gasteiger partial charge in [0.1, 0.15) is 11.4 Å². The Bertz CT molecular complexity index is 1540. The molecule has 2 amide bonds. The first-order valence-electron chi connectivity index (χ1n) is 12.2. The van der Waals surface area contributed by atoms with E-state index in [0.717, 1.165) is 12.1 Å². The fraction of sp³-hybridized carbons (Fsp3) is 0.346. The molecule has 2 heterocycles. The quantitative estimate of drug-likeness (QED) is 0.269. The number of allylic oxidation sites excluding steroid dienone is 2. The molecule has 1 aliphatic carbocycles. The van der Waals surface area contributed by atoms with Crippen LogP contribution in [0.25, 0.3) is 5.82 Å². The molecule has 2 N–H and O–H groups in total. The molecule has 3 aromatic rings. The third-order valence-electron chi connectivity index (χ3n) is 6.82. The lowest BCUT2D eigenvalue weighted by Gasteiger charge is -2.15. The van der Waals surface area contributed by atoms with Crippen LogP contribution in [0.5, 0.6) is 0 Å². The van der Waals surface area contributed by atoms with Gasteiger partial charge >= 0.3 is 12.4 Å². The molecule has 0 bridgehead atoms. The number of alkyl halides is 6. The number of carbonyl (C=O) groups is 2. The van der Waals surface area contributed by atoms with E-state index in [1.165, 1.54) is 36.3 Å². The van der Waals surface area contributed by atoms with Gasteiger partial charge in [-0.1, -0.05) is 43.1 Å². The Hall–Kier alpha value is -3.30. The number of hydrogen-bond acceptors (Lipinski definition) is 5. The number of anilines is 1. The molecule has 1 fully saturated rings. The molecule has 232 valence electrons. The number of hydrogen-bond donors (Lipinski definition) is 2. The highest BCUT2D eigenvalue weighted by molar-refractivity contribution is 7.59. The molecule has 43 heavy (non-hydrogen) atoms. The summed E-state index contributed by atoms with van der Waals surface area (Å²) in [5, 5.41) is 7.71. The van der Waals surface area contributed by atoms with Gasteiger partial charge in [-0.15, -0.1) is 0 Å². The lowest BCUT2D eigenvalue weighted by molar-refractivity contribution is -0.137. The summed E-state index contributed by atoms with van der Waals surface area (Å²) < 4.78 is 79.1. The molecule has 1 aliphatic rings. The van der Waals surface area contributed by atoms with Gasteiger partial charge in [-0.25, -0.2) is 9.97 Å². The minimum atomic E-state index is -4.70. The van der Waals surface area contributed by atoms with Gasteiger partial charge in [-0.3, -0.25) is 9.59 Å². The highest BCUT2D eigenvalue weighted by atomic mass is 35.5. The fourth-order valence-electron chi connectivity index (χ4n) is 4.50. The van der Waals surface area contributed by atoms with Gasteiger partial charge < -0.3 is 10.6 Å². The second-order valence-electron chi connectivity index (χ2n) is 10.2. The Morgan fingerprint density at radius 2 is 1.77 bits per heavy atom. The number of rotatable bonds is 7. The van der Waals surface area contributed by atoms with Crippen LogP contribution in [0.4, 0.5) is 32.0 Å². The topological polar surface area (TPSA) is 102 Å². The molecule has 1 aromatic carbocycles. The van der Waals surface area contributed by atoms with Crippen molar-refractivity contribution in [1.29, 1.82) is 0 Å². The zero-order valence-electron chi connectivity index (χ0n) is 22.5. The van der Waals surface area contributed by atoms with E-state index >= 15 is 0 Å². The van der Waals surface area contributed by atoms with Crippen molar-refractivity contribution in [3.8, 4) is 5.82 Å². The molecule has 8 nitrogen and oxygen atoms in total. The van der Waals surface area contributed by atoms with Crippen molar-refractivity contribution in [2.24, 2.45) is 17.3 Å². The van der Waals surface area contributed by atoms with Crippen molar-refractivity contribution in [3.05, 3.63) is 75.9 Å². The zero-order valence-corrected chi connectivity index (χ0v) is 25.0. The smallest absolute Gasteiger partial charge is 0.342 e. The predicted molar refractivity (Wildman–Crippen MR) is 151 cm³/mol. The fourth-order valence-corrected chi connectivity index (χ4v) is 4.87. The average Bonchev–Trinajstić information content (AvgIpc) is 3.19. The summed E-state index contributed by atoms with van der Waals surface area (Å²) in [7, 11) is 0. The molecule has 0 aliphatic heterocycles. The van der Waals surface area contributed by atoms with Crippen LogP contribution in [0.1, 0.15) is 48.6 Å². The molecule has 1 saturated carbocycles. The maximum atomic E-state index is 13.1. The van der Waals surface area contributed by atoms with Crippen LogP contribution in [0.15, 0.2) is 54.0 Å². The van der Waals surface area contributed by atoms with Crippen LogP contribution in [0.3, 0.4) is 0 Å². The molecule has 17 heteroatoms. The number of amides is 2. The lowest BCUT2D eigenvalue weighted by atomic mass is 10.1. The third kappa shape index (κ3) is 7.62. The Morgan fingerprint density at radius 3 is 2.35 bits per heavy atom. The third-order valence-corrected chi connectivity index (χ3v) is 7.38. The molecule has 0 radical (unpaired) electrons. The minimum absolute atomic E-state index is 0. The second-order valence-corrected chi connectivity index (χ2v) is 11.0. The summed E-state index contributed by atoms with van der Waals surface area (Å²) in [4.78, 5) is 33.8. The van der Waals surface area contributed by atoms with Crippen molar-refractivity contribution in [1.82, 2.24) is 25.1 Å². The van der Waals surface area contributed by atoms with Crippen LogP contribution < -0.4 is 10.6 Å². The molecular weight excluding hydrogens is 645 g/mol. The van der Waals surface area contributed by atoms with Crippen LogP contribution >= 0.6 is 36.7 Å². The average molecular weight is 669 g/mol. The van der Waals surface area contributed by atoms with E-state index < -0.39 is 58.1 Å². The van der Waals surface area contributed by atoms with E-state index in [4.69, 9.17) is 23.2 Å². The van der Waals surface area contributed by atoms with Crippen molar-refractivity contribution < 1.29 is 35.9 Å². The second kappa shape index (κ2) is 12.4. The maximum Gasteiger partial charge on any atom is 0.426 e. The van der Waals surface area contributed by atoms with Crippen molar-refractivity contribution in [2.75, 3.05) is 5.32 Å². The van der Waals surface area contributed by atoms with Crippen molar-refractivity contribution in [2.45, 2.75) is 39.2 Å². The summed E-state index contributed by atoms with van der Waals surface area (Å²) in [5.41, 5.74) is -1.85. The van der Waals surface area contributed by atoms with Gasteiger partial charge in [0.15, 0.2) is 11.6 Å². The van der Waals surface area contributed by atoms with Crippen LogP contribution in [0, 0.1) is 17.3 Å². The Labute approximate surface area is 258 Å². The number of halogens is 8. The Morgan fingerprint density at radius 1 is 1.09 bits per heavy atom. The standard InChI is InChI=1S/C26H22Cl2F6N6O2.H2S/c1-12(38-22(41)13-6-14(25(29,30)31)8-15(27)7-13)21-36-11-37-40(21)19-5-4-16(10-35-19)39-23(42)20-17(24(20,2)3)9-18(28)26(32,33)34;/h4-12,17,20H,1-3H3,(H,38,41)(H,39,42);1H2/b18-9-;/t12-,17?,20?;/m0./s1. The van der Waals surface area contributed by atoms with Gasteiger partial charge in [0, 0.05) is 10.6 Å². The van der Waals surface area contributed by atoms with Crippen molar-refractivity contribution >= 4 is 54.2 Å². The molecule has 2 unspecified atom stereocenters. The normalized spacial score (nSPS) is 18.8. The van der Waals surface area contributed by atoms with Crippen LogP contribution in [-0.2, 0) is 11.0 Å². The van der Waals surface area contributed by atoms with Gasteiger partial charge in [0.25, 0.3) is 5.91 Å². The molecule has 0 spiro atoms. The summed E-state index contributed by atoms with van der Waals surface area (Å²) in [6.07, 6.45) is -6.06. The number of pyridine rings is 1. The van der Waals surface area contributed by atoms with E-state index in [1.807, 2.05) is 0 Å². The predicted octanol–water partition coefficient (Wildman–Crippen LogP) is 6.83. The van der Waals surface area contributed by atoms with Crippen LogP contribution in [0.2, 0.25) is 5.02 Å². The summed E-state index contributed by atoms with van der Waals surface area (Å²) in [6.45, 7) is 4.86. The summed E-state index contributed by atoms with van der Waals surface area (Å²) in [6, 6.07) is 4.62. The molecule has 2 aromatic heterocycles. The first kappa shape index (κ1) is 34.2. The van der Waals surface area contributed by atoms with E-state index in [9.17, 15) is 35.9 Å². The van der Waals surface area contributed by atoms with Crippen molar-refractivity contribution in [3.63, 3.8) is 0 Å². The zero-order chi connectivity index (χ0) is 31.2. The lowest BCUT2D eigenvalue weighted by Crippen LogP contribution is -2.29. The largest absolute Gasteiger partial charge is 0.426 e. The molecule has 0 saturated heterocycles. The number of nitrogens with zero attached hydrogens (tertiary/aromatic N) is 4. The van der Waals surface area contributed by atoms with E-state index in [-0.39, 0.29) is 41.4 Å². The number of nitrogens with one attached hydrogen (secondary N) is 2. The van der Waals surface area contributed by atoms with Crippen LogP contribution in [-0.4, -0.2) is 37.7 Å². The number of benzene rings is 1. The number of carbonyl (C=O) groups excluding carboxylic acids is 2. The Balaban J connectivity index is 0.00000506. The van der Waals surface area contributed by atoms with Gasteiger partial charge in [0.05, 0.1) is 29.4 Å². The highest BCUT2D eigenvalue weighted by Gasteiger charge is 2.61. The van der Waals surface area contributed by atoms with E-state index in [0.29, 0.717) is 12.1 Å². The van der Waals surface area contributed by atoms with Gasteiger partial charge in [-0.05, 0) is 48.6 Å². The van der Waals surface area contributed by atoms with Gasteiger partial charge in [0.2, 0.25) is 5.91 Å². The highest BCUT2D eigenvalue weighted by Crippen LogP contribution is 2.60. The summed E-state index contributed by atoms with van der Waals surface area (Å²) >= 11 is 11.1. The molecule has 4 rings (SSSR count). The van der Waals surface area contributed by atoms with E-state index in [2.05, 4.69) is 25.7 Å². The first-order chi connectivity index (χ1) is 19.4. The minimum Gasteiger partial charge on any atom is -0.342 e. The maximum absolute atomic E-state index is 13.1.